The van der Waals surface area contributed by atoms with E-state index in [9.17, 15) is 18.0 Å². The minimum atomic E-state index is -3.63. The Morgan fingerprint density at radius 2 is 1.81 bits per heavy atom. The summed E-state index contributed by atoms with van der Waals surface area (Å²) < 4.78 is 25.6. The molecule has 0 bridgehead atoms. The van der Waals surface area contributed by atoms with Gasteiger partial charge in [-0.1, -0.05) is 6.07 Å². The Morgan fingerprint density at radius 3 is 2.48 bits per heavy atom. The summed E-state index contributed by atoms with van der Waals surface area (Å²) in [4.78, 5) is 24.7. The van der Waals surface area contributed by atoms with Crippen molar-refractivity contribution in [3.8, 4) is 0 Å². The standard InChI is InChI=1S/C19H21N3O4S/c1-19(2)15-11-13(8-9-16(15)21-18(19)24)20-17(23)12-6-5-7-14(10-12)27(25,26)22(3)4/h5-11H,1-4H3,(H,20,23)(H,21,24). The molecule has 2 N–H and O–H groups in total. The molecule has 0 aliphatic carbocycles. The van der Waals surface area contributed by atoms with Gasteiger partial charge < -0.3 is 10.6 Å². The number of carbonyl (C=O) groups excluding carboxylic acids is 2. The van der Waals surface area contributed by atoms with Crippen LogP contribution in [-0.4, -0.2) is 38.6 Å². The van der Waals surface area contributed by atoms with E-state index in [4.69, 9.17) is 0 Å². The predicted octanol–water partition coefficient (Wildman–Crippen LogP) is 2.42. The third kappa shape index (κ3) is 3.33. The number of hydrogen-bond acceptors (Lipinski definition) is 4. The van der Waals surface area contributed by atoms with E-state index in [1.54, 1.807) is 24.3 Å². The molecule has 0 fully saturated rings. The van der Waals surface area contributed by atoms with Crippen LogP contribution in [-0.2, 0) is 20.2 Å². The molecule has 0 unspecified atom stereocenters. The first-order valence-corrected chi connectivity index (χ1v) is 9.77. The number of nitrogens with zero attached hydrogens (tertiary/aromatic N) is 1. The largest absolute Gasteiger partial charge is 0.325 e. The van der Waals surface area contributed by atoms with Crippen molar-refractivity contribution in [1.82, 2.24) is 4.31 Å². The van der Waals surface area contributed by atoms with Crippen molar-refractivity contribution in [2.24, 2.45) is 0 Å². The summed E-state index contributed by atoms with van der Waals surface area (Å²) in [6.45, 7) is 3.63. The summed E-state index contributed by atoms with van der Waals surface area (Å²) >= 11 is 0. The van der Waals surface area contributed by atoms with Crippen molar-refractivity contribution in [2.75, 3.05) is 24.7 Å². The molecule has 27 heavy (non-hydrogen) atoms. The average molecular weight is 387 g/mol. The van der Waals surface area contributed by atoms with Crippen LogP contribution < -0.4 is 10.6 Å². The van der Waals surface area contributed by atoms with Gasteiger partial charge in [-0.2, -0.15) is 0 Å². The van der Waals surface area contributed by atoms with Crippen LogP contribution in [0.25, 0.3) is 0 Å². The van der Waals surface area contributed by atoms with Gasteiger partial charge in [0.15, 0.2) is 0 Å². The van der Waals surface area contributed by atoms with Gasteiger partial charge in [0.05, 0.1) is 10.3 Å². The molecule has 1 aliphatic heterocycles. The summed E-state index contributed by atoms with van der Waals surface area (Å²) in [6, 6.07) is 11.1. The van der Waals surface area contributed by atoms with Crippen LogP contribution in [0.4, 0.5) is 11.4 Å². The highest BCUT2D eigenvalue weighted by molar-refractivity contribution is 7.89. The van der Waals surface area contributed by atoms with E-state index in [-0.39, 0.29) is 16.4 Å². The van der Waals surface area contributed by atoms with Gasteiger partial charge in [0.2, 0.25) is 15.9 Å². The second kappa shape index (κ2) is 6.47. The number of hydrogen-bond donors (Lipinski definition) is 2. The molecule has 1 aliphatic rings. The Balaban J connectivity index is 1.88. The summed E-state index contributed by atoms with van der Waals surface area (Å²) in [7, 11) is -0.759. The lowest BCUT2D eigenvalue weighted by Gasteiger charge is -2.16. The van der Waals surface area contributed by atoms with Crippen LogP contribution in [0.2, 0.25) is 0 Å². The highest BCUT2D eigenvalue weighted by Crippen LogP contribution is 2.38. The van der Waals surface area contributed by atoms with Crippen molar-refractivity contribution in [3.63, 3.8) is 0 Å². The van der Waals surface area contributed by atoms with E-state index in [0.29, 0.717) is 5.69 Å². The second-order valence-corrected chi connectivity index (χ2v) is 9.26. The fourth-order valence-electron chi connectivity index (χ4n) is 2.86. The molecule has 0 radical (unpaired) electrons. The molecule has 7 nitrogen and oxygen atoms in total. The lowest BCUT2D eigenvalue weighted by Crippen LogP contribution is -2.27. The van der Waals surface area contributed by atoms with E-state index >= 15 is 0 Å². The van der Waals surface area contributed by atoms with Gasteiger partial charge in [-0.15, -0.1) is 0 Å². The molecule has 1 heterocycles. The zero-order valence-corrected chi connectivity index (χ0v) is 16.3. The summed E-state index contributed by atoms with van der Waals surface area (Å²) in [6.07, 6.45) is 0. The fraction of sp³-hybridized carbons (Fsp3) is 0.263. The molecular weight excluding hydrogens is 366 g/mol. The van der Waals surface area contributed by atoms with Gasteiger partial charge >= 0.3 is 0 Å². The van der Waals surface area contributed by atoms with Gasteiger partial charge in [-0.3, -0.25) is 9.59 Å². The first kappa shape index (κ1) is 19.1. The molecular formula is C19H21N3O4S. The number of nitrogens with one attached hydrogen (secondary N) is 2. The number of amides is 2. The monoisotopic (exact) mass is 387 g/mol. The molecule has 2 aromatic rings. The number of rotatable bonds is 4. The van der Waals surface area contributed by atoms with Gasteiger partial charge in [0, 0.05) is 31.0 Å². The van der Waals surface area contributed by atoms with Gasteiger partial charge in [0.1, 0.15) is 0 Å². The average Bonchev–Trinajstić information content (AvgIpc) is 2.84. The van der Waals surface area contributed by atoms with Crippen molar-refractivity contribution in [2.45, 2.75) is 24.2 Å². The second-order valence-electron chi connectivity index (χ2n) is 7.11. The van der Waals surface area contributed by atoms with Crippen molar-refractivity contribution < 1.29 is 18.0 Å². The molecule has 2 amide bonds. The fourth-order valence-corrected chi connectivity index (χ4v) is 3.81. The summed E-state index contributed by atoms with van der Waals surface area (Å²) in [5.41, 5.74) is 1.60. The van der Waals surface area contributed by atoms with E-state index in [2.05, 4.69) is 10.6 Å². The topological polar surface area (TPSA) is 95.6 Å². The highest BCUT2D eigenvalue weighted by Gasteiger charge is 2.38. The Hall–Kier alpha value is -2.71. The number of benzene rings is 2. The minimum Gasteiger partial charge on any atom is -0.325 e. The Labute approximate surface area is 158 Å². The van der Waals surface area contributed by atoms with E-state index < -0.39 is 21.3 Å². The maximum absolute atomic E-state index is 12.6. The van der Waals surface area contributed by atoms with Gasteiger partial charge in [-0.05, 0) is 55.8 Å². The van der Waals surface area contributed by atoms with Crippen molar-refractivity contribution >= 4 is 33.2 Å². The van der Waals surface area contributed by atoms with E-state index in [1.165, 1.54) is 32.3 Å². The van der Waals surface area contributed by atoms with Crippen LogP contribution in [0.15, 0.2) is 47.4 Å². The van der Waals surface area contributed by atoms with E-state index in [1.807, 2.05) is 13.8 Å². The number of carbonyl (C=O) groups is 2. The molecule has 0 spiro atoms. The van der Waals surface area contributed by atoms with Crippen LogP contribution in [0.5, 0.6) is 0 Å². The molecule has 142 valence electrons. The predicted molar refractivity (Wildman–Crippen MR) is 103 cm³/mol. The third-order valence-electron chi connectivity index (χ3n) is 4.64. The van der Waals surface area contributed by atoms with Crippen molar-refractivity contribution in [3.05, 3.63) is 53.6 Å². The molecule has 8 heteroatoms. The SMILES string of the molecule is CN(C)S(=O)(=O)c1cccc(C(=O)Nc2ccc3c(c2)C(C)(C)C(=O)N3)c1. The van der Waals surface area contributed by atoms with Crippen LogP contribution in [0, 0.1) is 0 Å². The summed E-state index contributed by atoms with van der Waals surface area (Å²) in [5.74, 6) is -0.525. The Kier molecular flexibility index (Phi) is 4.57. The molecule has 0 aromatic heterocycles. The maximum Gasteiger partial charge on any atom is 0.255 e. The molecule has 3 rings (SSSR count). The first-order valence-electron chi connectivity index (χ1n) is 8.33. The zero-order chi connectivity index (χ0) is 20.0. The van der Waals surface area contributed by atoms with Crippen LogP contribution in [0.3, 0.4) is 0 Å². The molecule has 2 aromatic carbocycles. The lowest BCUT2D eigenvalue weighted by molar-refractivity contribution is -0.119. The van der Waals surface area contributed by atoms with Gasteiger partial charge in [0.25, 0.3) is 5.91 Å². The number of fused-ring (bicyclic) bond motifs is 1. The van der Waals surface area contributed by atoms with Crippen molar-refractivity contribution in [1.29, 1.82) is 0 Å². The Morgan fingerprint density at radius 1 is 1.11 bits per heavy atom. The maximum atomic E-state index is 12.6. The number of sulfonamides is 1. The summed E-state index contributed by atoms with van der Waals surface area (Å²) in [5, 5.41) is 5.57. The minimum absolute atomic E-state index is 0.0463. The lowest BCUT2D eigenvalue weighted by atomic mass is 9.86. The van der Waals surface area contributed by atoms with Crippen LogP contribution >= 0.6 is 0 Å². The quantitative estimate of drug-likeness (QED) is 0.842. The third-order valence-corrected chi connectivity index (χ3v) is 6.45. The zero-order valence-electron chi connectivity index (χ0n) is 15.5. The normalized spacial score (nSPS) is 15.4. The van der Waals surface area contributed by atoms with Crippen LogP contribution in [0.1, 0.15) is 29.8 Å². The smallest absolute Gasteiger partial charge is 0.255 e. The van der Waals surface area contributed by atoms with Gasteiger partial charge in [-0.25, -0.2) is 12.7 Å². The number of anilines is 2. The first-order chi connectivity index (χ1) is 12.5. The molecule has 0 saturated carbocycles. The molecule has 0 atom stereocenters. The highest BCUT2D eigenvalue weighted by atomic mass is 32.2. The Bertz CT molecular complexity index is 1040. The molecule has 0 saturated heterocycles. The van der Waals surface area contributed by atoms with E-state index in [0.717, 1.165) is 15.6 Å².